The third-order valence-corrected chi connectivity index (χ3v) is 2.66. The average Bonchev–Trinajstić information content (AvgIpc) is 2.38. The quantitative estimate of drug-likeness (QED) is 0.900. The van der Waals surface area contributed by atoms with Crippen molar-refractivity contribution in [1.29, 1.82) is 0 Å². The normalized spacial score (nSPS) is 10.1. The van der Waals surface area contributed by atoms with Crippen LogP contribution in [0.3, 0.4) is 0 Å². The van der Waals surface area contributed by atoms with E-state index in [2.05, 4.69) is 4.98 Å². The zero-order valence-corrected chi connectivity index (χ0v) is 10.2. The molecular weight excluding hydrogens is 230 g/mol. The molecule has 0 saturated heterocycles. The Morgan fingerprint density at radius 3 is 2.72 bits per heavy atom. The second-order valence-electron chi connectivity index (χ2n) is 3.91. The lowest BCUT2D eigenvalue weighted by Crippen LogP contribution is -2.03. The minimum Gasteiger partial charge on any atom is -0.496 e. The third-order valence-electron chi connectivity index (χ3n) is 2.66. The molecule has 0 fully saturated rings. The number of carboxylic acid groups (broad SMARTS) is 1. The molecule has 4 nitrogen and oxygen atoms in total. The fourth-order valence-corrected chi connectivity index (χ4v) is 1.81. The summed E-state index contributed by atoms with van der Waals surface area (Å²) in [5, 5.41) is 9.14. The topological polar surface area (TPSA) is 59.4 Å². The number of methoxy groups -OCH3 is 1. The Kier molecular flexibility index (Phi) is 3.28. The van der Waals surface area contributed by atoms with Gasteiger partial charge in [-0.2, -0.15) is 0 Å². The minimum atomic E-state index is -1.05. The number of aryl methyl sites for hydroxylation is 1. The zero-order chi connectivity index (χ0) is 13.1. The highest BCUT2D eigenvalue weighted by atomic mass is 16.5. The SMILES string of the molecule is COc1cc(C)ccc1-c1cccnc1C(=O)O. The van der Waals surface area contributed by atoms with Gasteiger partial charge in [0.05, 0.1) is 7.11 Å². The molecule has 1 N–H and O–H groups in total. The Hall–Kier alpha value is -2.36. The van der Waals surface area contributed by atoms with Crippen LogP contribution in [0.4, 0.5) is 0 Å². The van der Waals surface area contributed by atoms with Crippen LogP contribution >= 0.6 is 0 Å². The number of nitrogens with zero attached hydrogens (tertiary/aromatic N) is 1. The van der Waals surface area contributed by atoms with E-state index in [4.69, 9.17) is 9.84 Å². The van der Waals surface area contributed by atoms with Crippen LogP contribution in [0.1, 0.15) is 16.1 Å². The number of hydrogen-bond acceptors (Lipinski definition) is 3. The molecule has 2 rings (SSSR count). The molecule has 92 valence electrons. The maximum absolute atomic E-state index is 11.2. The monoisotopic (exact) mass is 243 g/mol. The number of ether oxygens (including phenoxy) is 1. The molecule has 0 bridgehead atoms. The predicted molar refractivity (Wildman–Crippen MR) is 67.9 cm³/mol. The molecule has 0 aliphatic carbocycles. The summed E-state index contributed by atoms with van der Waals surface area (Å²) in [4.78, 5) is 15.1. The van der Waals surface area contributed by atoms with E-state index in [1.807, 2.05) is 25.1 Å². The van der Waals surface area contributed by atoms with Gasteiger partial charge in [-0.25, -0.2) is 9.78 Å². The lowest BCUT2D eigenvalue weighted by Gasteiger charge is -2.11. The first-order valence-electron chi connectivity index (χ1n) is 5.47. The van der Waals surface area contributed by atoms with Crippen molar-refractivity contribution in [2.24, 2.45) is 0 Å². The maximum atomic E-state index is 11.2. The van der Waals surface area contributed by atoms with E-state index in [1.54, 1.807) is 19.2 Å². The molecule has 0 amide bonds. The van der Waals surface area contributed by atoms with Crippen LogP contribution in [0.25, 0.3) is 11.1 Å². The van der Waals surface area contributed by atoms with Gasteiger partial charge in [-0.05, 0) is 24.6 Å². The molecule has 18 heavy (non-hydrogen) atoms. The Morgan fingerprint density at radius 1 is 1.28 bits per heavy atom. The summed E-state index contributed by atoms with van der Waals surface area (Å²) < 4.78 is 5.29. The first kappa shape index (κ1) is 12.1. The molecule has 0 spiro atoms. The van der Waals surface area contributed by atoms with E-state index in [1.165, 1.54) is 6.20 Å². The van der Waals surface area contributed by atoms with Crippen LogP contribution in [-0.4, -0.2) is 23.2 Å². The van der Waals surface area contributed by atoms with Crippen LogP contribution in [0, 0.1) is 6.92 Å². The minimum absolute atomic E-state index is 0.0275. The summed E-state index contributed by atoms with van der Waals surface area (Å²) in [6.45, 7) is 1.95. The Morgan fingerprint density at radius 2 is 2.06 bits per heavy atom. The molecule has 1 aromatic heterocycles. The number of pyridine rings is 1. The van der Waals surface area contributed by atoms with Crippen molar-refractivity contribution in [2.45, 2.75) is 6.92 Å². The fraction of sp³-hybridized carbons (Fsp3) is 0.143. The number of aromatic carboxylic acids is 1. The van der Waals surface area contributed by atoms with Gasteiger partial charge in [0.15, 0.2) is 5.69 Å². The lowest BCUT2D eigenvalue weighted by atomic mass is 10.0. The number of rotatable bonds is 3. The van der Waals surface area contributed by atoms with Gasteiger partial charge >= 0.3 is 5.97 Å². The first-order valence-corrected chi connectivity index (χ1v) is 5.47. The number of carboxylic acids is 1. The molecule has 0 radical (unpaired) electrons. The molecule has 2 aromatic rings. The maximum Gasteiger partial charge on any atom is 0.355 e. The number of benzene rings is 1. The van der Waals surface area contributed by atoms with Gasteiger partial charge < -0.3 is 9.84 Å². The molecule has 1 aromatic carbocycles. The summed E-state index contributed by atoms with van der Waals surface area (Å²) in [6.07, 6.45) is 1.47. The van der Waals surface area contributed by atoms with Gasteiger partial charge in [-0.3, -0.25) is 0 Å². The van der Waals surface area contributed by atoms with Crippen molar-refractivity contribution < 1.29 is 14.6 Å². The van der Waals surface area contributed by atoms with Crippen LogP contribution in [0.15, 0.2) is 36.5 Å². The van der Waals surface area contributed by atoms with Gasteiger partial charge in [-0.15, -0.1) is 0 Å². The third kappa shape index (κ3) is 2.18. The largest absolute Gasteiger partial charge is 0.496 e. The predicted octanol–water partition coefficient (Wildman–Crippen LogP) is 2.76. The zero-order valence-electron chi connectivity index (χ0n) is 10.2. The van der Waals surface area contributed by atoms with Crippen LogP contribution in [-0.2, 0) is 0 Å². The van der Waals surface area contributed by atoms with Crippen molar-refractivity contribution in [2.75, 3.05) is 7.11 Å². The van der Waals surface area contributed by atoms with Gasteiger partial charge in [0, 0.05) is 17.3 Å². The summed E-state index contributed by atoms with van der Waals surface area (Å²) in [6, 6.07) is 9.06. The molecule has 0 atom stereocenters. The average molecular weight is 243 g/mol. The smallest absolute Gasteiger partial charge is 0.355 e. The van der Waals surface area contributed by atoms with Crippen molar-refractivity contribution in [3.63, 3.8) is 0 Å². The van der Waals surface area contributed by atoms with Crippen molar-refractivity contribution in [3.05, 3.63) is 47.8 Å². The van der Waals surface area contributed by atoms with Gasteiger partial charge in [0.25, 0.3) is 0 Å². The van der Waals surface area contributed by atoms with Gasteiger partial charge in [-0.1, -0.05) is 18.2 Å². The molecule has 0 unspecified atom stereocenters. The Balaban J connectivity index is 2.65. The molecular formula is C14H13NO3. The summed E-state index contributed by atoms with van der Waals surface area (Å²) in [5.74, 6) is -0.404. The van der Waals surface area contributed by atoms with Gasteiger partial charge in [0.1, 0.15) is 5.75 Å². The lowest BCUT2D eigenvalue weighted by molar-refractivity contribution is 0.0691. The van der Waals surface area contributed by atoms with Crippen molar-refractivity contribution >= 4 is 5.97 Å². The summed E-state index contributed by atoms with van der Waals surface area (Å²) >= 11 is 0. The first-order chi connectivity index (χ1) is 8.63. The van der Waals surface area contributed by atoms with E-state index in [0.717, 1.165) is 11.1 Å². The number of hydrogen-bond donors (Lipinski definition) is 1. The van der Waals surface area contributed by atoms with E-state index in [-0.39, 0.29) is 5.69 Å². The highest BCUT2D eigenvalue weighted by Crippen LogP contribution is 2.32. The van der Waals surface area contributed by atoms with Crippen LogP contribution in [0.2, 0.25) is 0 Å². The number of carbonyl (C=O) groups is 1. The molecule has 0 aliphatic rings. The second-order valence-corrected chi connectivity index (χ2v) is 3.91. The molecule has 0 saturated carbocycles. The van der Waals surface area contributed by atoms with Crippen molar-refractivity contribution in [1.82, 2.24) is 4.98 Å². The van der Waals surface area contributed by atoms with Crippen LogP contribution in [0.5, 0.6) is 5.75 Å². The second kappa shape index (κ2) is 4.87. The molecule has 1 heterocycles. The Labute approximate surface area is 105 Å². The van der Waals surface area contributed by atoms with Crippen LogP contribution < -0.4 is 4.74 Å². The highest BCUT2D eigenvalue weighted by Gasteiger charge is 2.15. The highest BCUT2D eigenvalue weighted by molar-refractivity contribution is 5.94. The van der Waals surface area contributed by atoms with Gasteiger partial charge in [0.2, 0.25) is 0 Å². The van der Waals surface area contributed by atoms with E-state index < -0.39 is 5.97 Å². The summed E-state index contributed by atoms with van der Waals surface area (Å²) in [5.41, 5.74) is 2.37. The van der Waals surface area contributed by atoms with Crippen molar-refractivity contribution in [3.8, 4) is 16.9 Å². The van der Waals surface area contributed by atoms with E-state index in [0.29, 0.717) is 11.3 Å². The Bertz CT molecular complexity index is 593. The summed E-state index contributed by atoms with van der Waals surface area (Å²) in [7, 11) is 1.56. The van der Waals surface area contributed by atoms with E-state index in [9.17, 15) is 4.79 Å². The molecule has 4 heteroatoms. The molecule has 0 aliphatic heterocycles. The standard InChI is InChI=1S/C14H13NO3/c1-9-5-6-10(12(8-9)18-2)11-4-3-7-15-13(11)14(16)17/h3-8H,1-2H3,(H,16,17). The number of aromatic nitrogens is 1. The fourth-order valence-electron chi connectivity index (χ4n) is 1.81. The van der Waals surface area contributed by atoms with E-state index >= 15 is 0 Å².